The molecule has 196 valence electrons. The smallest absolute Gasteiger partial charge is 0.295 e. The van der Waals surface area contributed by atoms with Crippen molar-refractivity contribution >= 4 is 17.5 Å². The van der Waals surface area contributed by atoms with Crippen LogP contribution in [0, 0.1) is 5.82 Å². The highest BCUT2D eigenvalue weighted by Gasteiger charge is 2.38. The summed E-state index contributed by atoms with van der Waals surface area (Å²) in [4.78, 5) is 28.9. The molecule has 1 aliphatic carbocycles. The average molecular weight is 511 g/mol. The molecule has 1 aromatic heterocycles. The van der Waals surface area contributed by atoms with E-state index < -0.39 is 23.7 Å². The fraction of sp³-hybridized carbons (Fsp3) is 0.357. The van der Waals surface area contributed by atoms with Gasteiger partial charge in [0.25, 0.3) is 5.91 Å². The SMILES string of the molecule is COc1cc([C@H](C(=O)NC2CCCCC2)N(C(=O)c2ccco2)c2ccccc2F)cc(OC)c1OC. The molecule has 0 aliphatic heterocycles. The summed E-state index contributed by atoms with van der Waals surface area (Å²) < 4.78 is 37.0. The standard InChI is InChI=1S/C28H31FN2O6/c1-34-23-16-18(17-24(35-2)26(23)36-3)25(27(32)30-19-10-5-4-6-11-19)31(21-13-8-7-12-20(21)29)28(33)22-14-9-15-37-22/h7-9,12-17,19,25H,4-6,10-11H2,1-3H3,(H,30,32)/t25-/m1/s1. The molecule has 8 nitrogen and oxygen atoms in total. The first kappa shape index (κ1) is 26.1. The summed E-state index contributed by atoms with van der Waals surface area (Å²) in [5, 5.41) is 3.09. The highest BCUT2D eigenvalue weighted by molar-refractivity contribution is 6.08. The van der Waals surface area contributed by atoms with Gasteiger partial charge in [-0.2, -0.15) is 0 Å². The third kappa shape index (κ3) is 5.55. The summed E-state index contributed by atoms with van der Waals surface area (Å²) >= 11 is 0. The van der Waals surface area contributed by atoms with Crippen molar-refractivity contribution in [2.45, 2.75) is 44.2 Å². The maximum atomic E-state index is 15.2. The van der Waals surface area contributed by atoms with Crippen LogP contribution in [0.2, 0.25) is 0 Å². The Morgan fingerprint density at radius 1 is 0.973 bits per heavy atom. The minimum absolute atomic E-state index is 0.0360. The largest absolute Gasteiger partial charge is 0.493 e. The molecule has 9 heteroatoms. The molecule has 2 aromatic carbocycles. The van der Waals surface area contributed by atoms with E-state index in [4.69, 9.17) is 18.6 Å². The molecular formula is C28H31FN2O6. The van der Waals surface area contributed by atoms with Crippen molar-refractivity contribution in [3.8, 4) is 17.2 Å². The molecule has 1 heterocycles. The minimum atomic E-state index is -1.27. The molecule has 1 N–H and O–H groups in total. The molecule has 2 amide bonds. The van der Waals surface area contributed by atoms with E-state index in [1.807, 2.05) is 0 Å². The number of anilines is 1. The second-order valence-electron chi connectivity index (χ2n) is 8.81. The molecule has 37 heavy (non-hydrogen) atoms. The first-order valence-electron chi connectivity index (χ1n) is 12.2. The van der Waals surface area contributed by atoms with Gasteiger partial charge in [0.05, 0.1) is 33.3 Å². The van der Waals surface area contributed by atoms with Crippen LogP contribution in [0.1, 0.15) is 54.3 Å². The number of para-hydroxylation sites is 1. The Balaban J connectivity index is 1.90. The van der Waals surface area contributed by atoms with Crippen LogP contribution in [0.4, 0.5) is 10.1 Å². The van der Waals surface area contributed by atoms with Crippen LogP contribution in [-0.4, -0.2) is 39.2 Å². The molecule has 1 atom stereocenters. The van der Waals surface area contributed by atoms with Gasteiger partial charge in [0.2, 0.25) is 11.7 Å². The Labute approximate surface area is 215 Å². The third-order valence-corrected chi connectivity index (χ3v) is 6.52. The van der Waals surface area contributed by atoms with Crippen molar-refractivity contribution in [3.63, 3.8) is 0 Å². The van der Waals surface area contributed by atoms with Crippen LogP contribution < -0.4 is 24.4 Å². The summed E-state index contributed by atoms with van der Waals surface area (Å²) in [6, 6.07) is 10.7. The highest BCUT2D eigenvalue weighted by atomic mass is 19.1. The molecule has 0 unspecified atom stereocenters. The first-order chi connectivity index (χ1) is 18.0. The lowest BCUT2D eigenvalue weighted by Gasteiger charge is -2.33. The Bertz CT molecular complexity index is 1200. The van der Waals surface area contributed by atoms with E-state index in [9.17, 15) is 9.59 Å². The van der Waals surface area contributed by atoms with E-state index in [1.54, 1.807) is 24.3 Å². The van der Waals surface area contributed by atoms with E-state index >= 15 is 4.39 Å². The molecule has 0 bridgehead atoms. The summed E-state index contributed by atoms with van der Waals surface area (Å²) in [5.74, 6) is -0.902. The number of hydrogen-bond acceptors (Lipinski definition) is 6. The first-order valence-corrected chi connectivity index (χ1v) is 12.2. The van der Waals surface area contributed by atoms with Gasteiger partial charge >= 0.3 is 0 Å². The van der Waals surface area contributed by atoms with Crippen LogP contribution in [-0.2, 0) is 4.79 Å². The summed E-state index contributed by atoms with van der Waals surface area (Å²) in [5.41, 5.74) is 0.285. The Hall–Kier alpha value is -4.01. The zero-order valence-electron chi connectivity index (χ0n) is 21.2. The lowest BCUT2D eigenvalue weighted by Crippen LogP contribution is -2.47. The van der Waals surface area contributed by atoms with Gasteiger partial charge in [0, 0.05) is 6.04 Å². The van der Waals surface area contributed by atoms with Gasteiger partial charge in [0.1, 0.15) is 11.9 Å². The number of amides is 2. The molecule has 0 spiro atoms. The number of hydrogen-bond donors (Lipinski definition) is 1. The van der Waals surface area contributed by atoms with Gasteiger partial charge in [-0.05, 0) is 54.8 Å². The number of methoxy groups -OCH3 is 3. The number of carbonyl (C=O) groups is 2. The zero-order valence-corrected chi connectivity index (χ0v) is 21.2. The quantitative estimate of drug-likeness (QED) is 0.421. The fourth-order valence-corrected chi connectivity index (χ4v) is 4.74. The van der Waals surface area contributed by atoms with Crippen LogP contribution in [0.15, 0.2) is 59.2 Å². The van der Waals surface area contributed by atoms with E-state index in [2.05, 4.69) is 5.32 Å². The van der Waals surface area contributed by atoms with Crippen molar-refractivity contribution in [1.29, 1.82) is 0 Å². The lowest BCUT2D eigenvalue weighted by molar-refractivity contribution is -0.123. The van der Waals surface area contributed by atoms with Gasteiger partial charge in [-0.25, -0.2) is 4.39 Å². The van der Waals surface area contributed by atoms with E-state index in [0.29, 0.717) is 22.8 Å². The van der Waals surface area contributed by atoms with Crippen molar-refractivity contribution in [1.82, 2.24) is 5.32 Å². The number of rotatable bonds is 9. The average Bonchev–Trinajstić information content (AvgIpc) is 3.47. The van der Waals surface area contributed by atoms with Crippen LogP contribution >= 0.6 is 0 Å². The third-order valence-electron chi connectivity index (χ3n) is 6.52. The molecule has 1 saturated carbocycles. The molecule has 4 rings (SSSR count). The summed E-state index contributed by atoms with van der Waals surface area (Å²) in [6.45, 7) is 0. The number of furan rings is 1. The van der Waals surface area contributed by atoms with Crippen molar-refractivity contribution in [2.75, 3.05) is 26.2 Å². The van der Waals surface area contributed by atoms with Crippen molar-refractivity contribution < 1.29 is 32.6 Å². The maximum absolute atomic E-state index is 15.2. The second kappa shape index (κ2) is 11.8. The number of ether oxygens (including phenoxy) is 3. The molecule has 1 aliphatic rings. The number of halogens is 1. The zero-order chi connectivity index (χ0) is 26.4. The van der Waals surface area contributed by atoms with Gasteiger partial charge < -0.3 is 23.9 Å². The minimum Gasteiger partial charge on any atom is -0.493 e. The summed E-state index contributed by atoms with van der Waals surface area (Å²) in [7, 11) is 4.39. The normalized spacial score (nSPS) is 14.5. The second-order valence-corrected chi connectivity index (χ2v) is 8.81. The van der Waals surface area contributed by atoms with Crippen LogP contribution in [0.25, 0.3) is 0 Å². The number of nitrogens with zero attached hydrogens (tertiary/aromatic N) is 1. The molecular weight excluding hydrogens is 479 g/mol. The highest BCUT2D eigenvalue weighted by Crippen LogP contribution is 2.42. The topological polar surface area (TPSA) is 90.2 Å². The Morgan fingerprint density at radius 3 is 2.22 bits per heavy atom. The van der Waals surface area contributed by atoms with E-state index in [1.165, 1.54) is 51.9 Å². The summed E-state index contributed by atoms with van der Waals surface area (Å²) in [6.07, 6.45) is 6.13. The van der Waals surface area contributed by atoms with E-state index in [0.717, 1.165) is 37.0 Å². The monoisotopic (exact) mass is 510 g/mol. The van der Waals surface area contributed by atoms with Crippen LogP contribution in [0.3, 0.4) is 0 Å². The maximum Gasteiger partial charge on any atom is 0.295 e. The molecule has 3 aromatic rings. The number of carbonyl (C=O) groups excluding carboxylic acids is 2. The van der Waals surface area contributed by atoms with Crippen molar-refractivity contribution in [3.05, 3.63) is 71.9 Å². The lowest BCUT2D eigenvalue weighted by atomic mass is 9.94. The Morgan fingerprint density at radius 2 is 1.65 bits per heavy atom. The van der Waals surface area contributed by atoms with Gasteiger partial charge in [0.15, 0.2) is 17.3 Å². The molecule has 1 fully saturated rings. The van der Waals surface area contributed by atoms with Gasteiger partial charge in [-0.3, -0.25) is 14.5 Å². The molecule has 0 saturated heterocycles. The molecule has 0 radical (unpaired) electrons. The number of benzene rings is 2. The predicted molar refractivity (Wildman–Crippen MR) is 136 cm³/mol. The van der Waals surface area contributed by atoms with Crippen molar-refractivity contribution in [2.24, 2.45) is 0 Å². The predicted octanol–water partition coefficient (Wildman–Crippen LogP) is 5.28. The fourth-order valence-electron chi connectivity index (χ4n) is 4.74. The number of nitrogens with one attached hydrogen (secondary N) is 1. The van der Waals surface area contributed by atoms with Gasteiger partial charge in [-0.15, -0.1) is 0 Å². The van der Waals surface area contributed by atoms with E-state index in [-0.39, 0.29) is 17.5 Å². The Kier molecular flexibility index (Phi) is 8.32. The van der Waals surface area contributed by atoms with Crippen LogP contribution in [0.5, 0.6) is 17.2 Å². The van der Waals surface area contributed by atoms with Gasteiger partial charge in [-0.1, -0.05) is 31.4 Å².